The van der Waals surface area contributed by atoms with Crippen LogP contribution in [0, 0.1) is 0 Å². The maximum Gasteiger partial charge on any atom is 0.339 e. The molecule has 1 aromatic carbocycles. The molecule has 17 heavy (non-hydrogen) atoms. The first-order valence-corrected chi connectivity index (χ1v) is 5.29. The molecule has 0 radical (unpaired) electrons. The molecule has 2 amide bonds. The van der Waals surface area contributed by atoms with E-state index in [1.54, 1.807) is 0 Å². The smallest absolute Gasteiger partial charge is 0.339 e. The van der Waals surface area contributed by atoms with Crippen molar-refractivity contribution in [2.75, 3.05) is 19.4 Å². The second kappa shape index (κ2) is 5.25. The fraction of sp³-hybridized carbons (Fsp3) is 0.200. The fourth-order valence-corrected chi connectivity index (χ4v) is 1.69. The van der Waals surface area contributed by atoms with E-state index in [-0.39, 0.29) is 21.3 Å². The SMILES string of the molecule is CN(C)C(=O)Nc1cc(Cl)cc(Cl)c1C(=O)O. The zero-order valence-corrected chi connectivity index (χ0v) is 10.6. The third-order valence-corrected chi connectivity index (χ3v) is 2.43. The van der Waals surface area contributed by atoms with Crippen LogP contribution in [0.15, 0.2) is 12.1 Å². The van der Waals surface area contributed by atoms with E-state index in [4.69, 9.17) is 28.3 Å². The first kappa shape index (κ1) is 13.6. The lowest BCUT2D eigenvalue weighted by molar-refractivity contribution is 0.0698. The standard InChI is InChI=1S/C10H10Cl2N2O3/c1-14(2)10(17)13-7-4-5(11)3-6(12)8(7)9(15)16/h3-4H,1-2H3,(H,13,17)(H,15,16). The average Bonchev–Trinajstić information content (AvgIpc) is 2.14. The molecule has 0 bridgehead atoms. The maximum atomic E-state index is 11.4. The van der Waals surface area contributed by atoms with Crippen molar-refractivity contribution in [2.45, 2.75) is 0 Å². The number of carbonyl (C=O) groups excluding carboxylic acids is 1. The number of anilines is 1. The Morgan fingerprint density at radius 1 is 1.29 bits per heavy atom. The number of carboxylic acid groups (broad SMARTS) is 1. The number of carbonyl (C=O) groups is 2. The van der Waals surface area contributed by atoms with Crippen LogP contribution >= 0.6 is 23.2 Å². The molecule has 0 aromatic heterocycles. The highest BCUT2D eigenvalue weighted by Crippen LogP contribution is 2.29. The number of urea groups is 1. The Hall–Kier alpha value is -1.46. The molecule has 1 rings (SSSR count). The number of aromatic carboxylic acids is 1. The molecule has 7 heteroatoms. The van der Waals surface area contributed by atoms with Crippen molar-refractivity contribution in [3.05, 3.63) is 27.7 Å². The summed E-state index contributed by atoms with van der Waals surface area (Å²) in [4.78, 5) is 23.7. The third kappa shape index (κ3) is 3.25. The minimum Gasteiger partial charge on any atom is -0.478 e. The van der Waals surface area contributed by atoms with Gasteiger partial charge in [-0.2, -0.15) is 0 Å². The first-order valence-electron chi connectivity index (χ1n) is 4.53. The molecule has 0 atom stereocenters. The van der Waals surface area contributed by atoms with Crippen LogP contribution in [0.3, 0.4) is 0 Å². The van der Waals surface area contributed by atoms with Crippen LogP contribution in [0.5, 0.6) is 0 Å². The van der Waals surface area contributed by atoms with Gasteiger partial charge in [-0.25, -0.2) is 9.59 Å². The van der Waals surface area contributed by atoms with Crippen LogP contribution < -0.4 is 5.32 Å². The highest BCUT2D eigenvalue weighted by molar-refractivity contribution is 6.37. The molecular formula is C10H10Cl2N2O3. The van der Waals surface area contributed by atoms with Crippen molar-refractivity contribution in [1.82, 2.24) is 4.90 Å². The van der Waals surface area contributed by atoms with Crippen LogP contribution in [-0.2, 0) is 0 Å². The number of amides is 2. The number of rotatable bonds is 2. The molecule has 0 saturated carbocycles. The van der Waals surface area contributed by atoms with Crippen LogP contribution in [0.4, 0.5) is 10.5 Å². The molecule has 0 aliphatic carbocycles. The van der Waals surface area contributed by atoms with E-state index in [1.165, 1.54) is 31.1 Å². The molecule has 2 N–H and O–H groups in total. The molecule has 92 valence electrons. The summed E-state index contributed by atoms with van der Waals surface area (Å²) in [6.45, 7) is 0. The summed E-state index contributed by atoms with van der Waals surface area (Å²) in [6, 6.07) is 2.17. The number of hydrogen-bond donors (Lipinski definition) is 2. The summed E-state index contributed by atoms with van der Waals surface area (Å²) >= 11 is 11.5. The Bertz CT molecular complexity index is 475. The molecule has 0 unspecified atom stereocenters. The Morgan fingerprint density at radius 3 is 2.35 bits per heavy atom. The first-order chi connectivity index (χ1) is 7.82. The molecule has 0 heterocycles. The monoisotopic (exact) mass is 276 g/mol. The van der Waals surface area contributed by atoms with Crippen LogP contribution in [0.2, 0.25) is 10.0 Å². The number of nitrogens with one attached hydrogen (secondary N) is 1. The topological polar surface area (TPSA) is 69.6 Å². The van der Waals surface area contributed by atoms with Gasteiger partial charge in [0.15, 0.2) is 0 Å². The van der Waals surface area contributed by atoms with E-state index in [0.717, 1.165) is 0 Å². The van der Waals surface area contributed by atoms with Crippen molar-refractivity contribution >= 4 is 40.9 Å². The second-order valence-electron chi connectivity index (χ2n) is 3.44. The van der Waals surface area contributed by atoms with Gasteiger partial charge in [0.25, 0.3) is 0 Å². The number of hydrogen-bond acceptors (Lipinski definition) is 2. The Balaban J connectivity index is 3.21. The zero-order valence-electron chi connectivity index (χ0n) is 9.12. The largest absolute Gasteiger partial charge is 0.478 e. The second-order valence-corrected chi connectivity index (χ2v) is 4.28. The molecule has 0 aliphatic heterocycles. The minimum atomic E-state index is -1.24. The van der Waals surface area contributed by atoms with Gasteiger partial charge < -0.3 is 15.3 Å². The van der Waals surface area contributed by atoms with Crippen molar-refractivity contribution in [3.63, 3.8) is 0 Å². The molecule has 0 spiro atoms. The van der Waals surface area contributed by atoms with Gasteiger partial charge >= 0.3 is 12.0 Å². The zero-order chi connectivity index (χ0) is 13.2. The van der Waals surface area contributed by atoms with Gasteiger partial charge in [-0.15, -0.1) is 0 Å². The summed E-state index contributed by atoms with van der Waals surface area (Å²) < 4.78 is 0. The minimum absolute atomic E-state index is 0.0287. The van der Waals surface area contributed by atoms with Gasteiger partial charge in [-0.3, -0.25) is 0 Å². The lowest BCUT2D eigenvalue weighted by Crippen LogP contribution is -2.28. The molecular weight excluding hydrogens is 267 g/mol. The summed E-state index contributed by atoms with van der Waals surface area (Å²) in [5.41, 5.74) is -0.125. The average molecular weight is 277 g/mol. The highest BCUT2D eigenvalue weighted by Gasteiger charge is 2.18. The lowest BCUT2D eigenvalue weighted by atomic mass is 10.2. The number of nitrogens with zero attached hydrogens (tertiary/aromatic N) is 1. The molecule has 1 aromatic rings. The summed E-state index contributed by atoms with van der Waals surface area (Å²) in [5, 5.41) is 11.6. The van der Waals surface area contributed by atoms with E-state index in [2.05, 4.69) is 5.32 Å². The molecule has 0 aliphatic rings. The van der Waals surface area contributed by atoms with E-state index < -0.39 is 12.0 Å². The fourth-order valence-electron chi connectivity index (χ4n) is 1.12. The van der Waals surface area contributed by atoms with Crippen LogP contribution in [0.1, 0.15) is 10.4 Å². The van der Waals surface area contributed by atoms with Crippen molar-refractivity contribution in [3.8, 4) is 0 Å². The van der Waals surface area contributed by atoms with Gasteiger partial charge in [-0.05, 0) is 12.1 Å². The van der Waals surface area contributed by atoms with Gasteiger partial charge in [0.05, 0.1) is 10.7 Å². The summed E-state index contributed by atoms with van der Waals surface area (Å²) in [5.74, 6) is -1.24. The van der Waals surface area contributed by atoms with Gasteiger partial charge in [0.2, 0.25) is 0 Å². The van der Waals surface area contributed by atoms with Crippen molar-refractivity contribution in [1.29, 1.82) is 0 Å². The van der Waals surface area contributed by atoms with Gasteiger partial charge in [-0.1, -0.05) is 23.2 Å². The molecule has 5 nitrogen and oxygen atoms in total. The maximum absolute atomic E-state index is 11.4. The van der Waals surface area contributed by atoms with E-state index >= 15 is 0 Å². The predicted molar refractivity (Wildman–Crippen MR) is 66.1 cm³/mol. The van der Waals surface area contributed by atoms with Crippen LogP contribution in [0.25, 0.3) is 0 Å². The van der Waals surface area contributed by atoms with Crippen LogP contribution in [-0.4, -0.2) is 36.1 Å². The van der Waals surface area contributed by atoms with E-state index in [0.29, 0.717) is 0 Å². The van der Waals surface area contributed by atoms with E-state index in [9.17, 15) is 9.59 Å². The quantitative estimate of drug-likeness (QED) is 0.873. The summed E-state index contributed by atoms with van der Waals surface area (Å²) in [6.07, 6.45) is 0. The van der Waals surface area contributed by atoms with E-state index in [1.807, 2.05) is 0 Å². The van der Waals surface area contributed by atoms with Gasteiger partial charge in [0, 0.05) is 19.1 Å². The van der Waals surface area contributed by atoms with Crippen molar-refractivity contribution in [2.24, 2.45) is 0 Å². The Labute approximate surface area is 108 Å². The van der Waals surface area contributed by atoms with Gasteiger partial charge in [0.1, 0.15) is 5.56 Å². The lowest BCUT2D eigenvalue weighted by Gasteiger charge is -2.14. The predicted octanol–water partition coefficient (Wildman–Crippen LogP) is 2.79. The number of halogens is 2. The highest BCUT2D eigenvalue weighted by atomic mass is 35.5. The summed E-state index contributed by atoms with van der Waals surface area (Å²) in [7, 11) is 3.06. The molecule has 0 fully saturated rings. The number of benzene rings is 1. The normalized spacial score (nSPS) is 9.88. The Morgan fingerprint density at radius 2 is 1.88 bits per heavy atom. The molecule has 0 saturated heterocycles. The van der Waals surface area contributed by atoms with Crippen molar-refractivity contribution < 1.29 is 14.7 Å². The Kier molecular flexibility index (Phi) is 4.20. The third-order valence-electron chi connectivity index (χ3n) is 1.92. The number of carboxylic acids is 1.